The van der Waals surface area contributed by atoms with Gasteiger partial charge in [0.25, 0.3) is 0 Å². The van der Waals surface area contributed by atoms with E-state index in [0.29, 0.717) is 30.5 Å². The highest BCUT2D eigenvalue weighted by Gasteiger charge is 2.17. The van der Waals surface area contributed by atoms with E-state index in [4.69, 9.17) is 14.2 Å². The molecule has 2 aromatic carbocycles. The number of anilines is 1. The molecule has 0 saturated carbocycles. The predicted molar refractivity (Wildman–Crippen MR) is 97.6 cm³/mol. The number of hydrogen-bond acceptors (Lipinski definition) is 4. The van der Waals surface area contributed by atoms with Crippen molar-refractivity contribution < 1.29 is 19.0 Å². The van der Waals surface area contributed by atoms with Crippen molar-refractivity contribution in [2.75, 3.05) is 25.6 Å². The van der Waals surface area contributed by atoms with Gasteiger partial charge in [-0.15, -0.1) is 0 Å². The second-order valence-corrected chi connectivity index (χ2v) is 5.87. The Morgan fingerprint density at radius 2 is 1.92 bits per heavy atom. The minimum atomic E-state index is -0.197. The highest BCUT2D eigenvalue weighted by atomic mass is 16.6. The third-order valence-electron chi connectivity index (χ3n) is 4.05. The molecule has 0 spiro atoms. The summed E-state index contributed by atoms with van der Waals surface area (Å²) in [5, 5.41) is 2.86. The van der Waals surface area contributed by atoms with Gasteiger partial charge in [0.1, 0.15) is 13.2 Å². The summed E-state index contributed by atoms with van der Waals surface area (Å²) in [6.07, 6.45) is 3.21. The highest BCUT2D eigenvalue weighted by Crippen LogP contribution is 2.40. The molecule has 1 aliphatic heterocycles. The Balaban J connectivity index is 1.74. The first kappa shape index (κ1) is 16.9. The van der Waals surface area contributed by atoms with Crippen LogP contribution in [-0.2, 0) is 4.79 Å². The van der Waals surface area contributed by atoms with Crippen LogP contribution >= 0.6 is 0 Å². The van der Waals surface area contributed by atoms with Gasteiger partial charge < -0.3 is 19.5 Å². The molecule has 5 heteroatoms. The van der Waals surface area contributed by atoms with Crippen LogP contribution in [0.2, 0.25) is 0 Å². The fourth-order valence-corrected chi connectivity index (χ4v) is 2.56. The molecule has 0 fully saturated rings. The van der Waals surface area contributed by atoms with Crippen molar-refractivity contribution in [3.05, 3.63) is 53.1 Å². The van der Waals surface area contributed by atoms with Crippen molar-refractivity contribution in [2.45, 2.75) is 13.8 Å². The third kappa shape index (κ3) is 3.94. The maximum absolute atomic E-state index is 12.1. The number of carbonyl (C=O) groups is 1. The highest BCUT2D eigenvalue weighted by molar-refractivity contribution is 6.02. The summed E-state index contributed by atoms with van der Waals surface area (Å²) in [7, 11) is 1.58. The number of methoxy groups -OCH3 is 1. The van der Waals surface area contributed by atoms with Crippen molar-refractivity contribution in [1.82, 2.24) is 0 Å². The molecule has 0 saturated heterocycles. The van der Waals surface area contributed by atoms with E-state index in [9.17, 15) is 4.79 Å². The fraction of sp³-hybridized carbons (Fsp3) is 0.250. The summed E-state index contributed by atoms with van der Waals surface area (Å²) in [5.74, 6) is 1.62. The molecule has 2 aromatic rings. The van der Waals surface area contributed by atoms with E-state index >= 15 is 0 Å². The van der Waals surface area contributed by atoms with Gasteiger partial charge in [-0.3, -0.25) is 4.79 Å². The molecule has 0 aromatic heterocycles. The monoisotopic (exact) mass is 339 g/mol. The lowest BCUT2D eigenvalue weighted by molar-refractivity contribution is -0.111. The summed E-state index contributed by atoms with van der Waals surface area (Å²) >= 11 is 0. The molecule has 1 heterocycles. The topological polar surface area (TPSA) is 56.8 Å². The molecule has 1 amide bonds. The number of nitrogens with one attached hydrogen (secondary N) is 1. The van der Waals surface area contributed by atoms with Crippen LogP contribution in [0.3, 0.4) is 0 Å². The van der Waals surface area contributed by atoms with Gasteiger partial charge in [0.15, 0.2) is 11.5 Å². The molecule has 25 heavy (non-hydrogen) atoms. The lowest BCUT2D eigenvalue weighted by Crippen LogP contribution is -2.16. The Labute approximate surface area is 147 Å². The van der Waals surface area contributed by atoms with Crippen LogP contribution < -0.4 is 19.5 Å². The molecule has 130 valence electrons. The Hall–Kier alpha value is -2.95. The first-order chi connectivity index (χ1) is 12.1. The van der Waals surface area contributed by atoms with Crippen LogP contribution in [0.15, 0.2) is 36.4 Å². The molecule has 5 nitrogen and oxygen atoms in total. The largest absolute Gasteiger partial charge is 0.493 e. The average Bonchev–Trinajstić information content (AvgIpc) is 2.62. The molecule has 3 rings (SSSR count). The second-order valence-electron chi connectivity index (χ2n) is 5.87. The van der Waals surface area contributed by atoms with Crippen LogP contribution in [0.5, 0.6) is 17.2 Å². The van der Waals surface area contributed by atoms with Crippen LogP contribution in [-0.4, -0.2) is 26.2 Å². The number of ether oxygens (including phenoxy) is 3. The zero-order valence-corrected chi connectivity index (χ0v) is 14.6. The molecule has 0 bridgehead atoms. The minimum Gasteiger partial charge on any atom is -0.493 e. The van der Waals surface area contributed by atoms with Gasteiger partial charge in [-0.25, -0.2) is 0 Å². The molecule has 0 radical (unpaired) electrons. The quantitative estimate of drug-likeness (QED) is 0.862. The average molecular weight is 339 g/mol. The van der Waals surface area contributed by atoms with Crippen LogP contribution in [0.4, 0.5) is 5.69 Å². The Morgan fingerprint density at radius 1 is 1.12 bits per heavy atom. The van der Waals surface area contributed by atoms with Gasteiger partial charge >= 0.3 is 0 Å². The standard InChI is InChI=1S/C20H21NO4/c1-13-4-6-16(10-14(13)2)21-19(22)7-5-15-11-17(23-3)20-18(12-15)24-8-9-25-20/h4-7,10-12H,8-9H2,1-3H3,(H,21,22)/b7-5+. The summed E-state index contributed by atoms with van der Waals surface area (Å²) in [6.45, 7) is 5.05. The number of amides is 1. The molecular weight excluding hydrogens is 318 g/mol. The van der Waals surface area contributed by atoms with E-state index < -0.39 is 0 Å². The number of aryl methyl sites for hydroxylation is 2. The maximum Gasteiger partial charge on any atom is 0.248 e. The number of benzene rings is 2. The lowest BCUT2D eigenvalue weighted by Gasteiger charge is -2.20. The predicted octanol–water partition coefficient (Wildman–Crippen LogP) is 3.74. The molecule has 1 N–H and O–H groups in total. The normalized spacial score (nSPS) is 12.9. The van der Waals surface area contributed by atoms with E-state index in [0.717, 1.165) is 16.8 Å². The summed E-state index contributed by atoms with van der Waals surface area (Å²) in [6, 6.07) is 9.47. The van der Waals surface area contributed by atoms with Gasteiger partial charge in [-0.1, -0.05) is 6.07 Å². The van der Waals surface area contributed by atoms with Crippen molar-refractivity contribution in [3.8, 4) is 17.2 Å². The molecule has 0 atom stereocenters. The first-order valence-corrected chi connectivity index (χ1v) is 8.11. The summed E-state index contributed by atoms with van der Waals surface area (Å²) in [5.41, 5.74) is 3.91. The van der Waals surface area contributed by atoms with E-state index in [1.54, 1.807) is 13.2 Å². The smallest absolute Gasteiger partial charge is 0.248 e. The van der Waals surface area contributed by atoms with Crippen molar-refractivity contribution in [1.29, 1.82) is 0 Å². The van der Waals surface area contributed by atoms with Gasteiger partial charge in [-0.05, 0) is 60.9 Å². The fourth-order valence-electron chi connectivity index (χ4n) is 2.56. The number of hydrogen-bond donors (Lipinski definition) is 1. The van der Waals surface area contributed by atoms with Crippen LogP contribution in [0.25, 0.3) is 6.08 Å². The van der Waals surface area contributed by atoms with Gasteiger partial charge in [0.05, 0.1) is 7.11 Å². The summed E-state index contributed by atoms with van der Waals surface area (Å²) in [4.78, 5) is 12.1. The van der Waals surface area contributed by atoms with Crippen molar-refractivity contribution in [3.63, 3.8) is 0 Å². The lowest BCUT2D eigenvalue weighted by atomic mass is 10.1. The van der Waals surface area contributed by atoms with Gasteiger partial charge in [-0.2, -0.15) is 0 Å². The van der Waals surface area contributed by atoms with E-state index in [-0.39, 0.29) is 5.91 Å². The van der Waals surface area contributed by atoms with Gasteiger partial charge in [0.2, 0.25) is 11.7 Å². The zero-order chi connectivity index (χ0) is 17.8. The van der Waals surface area contributed by atoms with E-state index in [1.807, 2.05) is 44.2 Å². The minimum absolute atomic E-state index is 0.197. The maximum atomic E-state index is 12.1. The number of rotatable bonds is 4. The van der Waals surface area contributed by atoms with Crippen LogP contribution in [0.1, 0.15) is 16.7 Å². The Kier molecular flexibility index (Phi) is 4.93. The van der Waals surface area contributed by atoms with Crippen molar-refractivity contribution in [2.24, 2.45) is 0 Å². The van der Waals surface area contributed by atoms with E-state index in [2.05, 4.69) is 5.32 Å². The number of fused-ring (bicyclic) bond motifs is 1. The second kappa shape index (κ2) is 7.30. The number of carbonyl (C=O) groups excluding carboxylic acids is 1. The molecule has 0 unspecified atom stereocenters. The Morgan fingerprint density at radius 3 is 2.68 bits per heavy atom. The molecule has 0 aliphatic carbocycles. The molecular formula is C20H21NO4. The molecule has 1 aliphatic rings. The first-order valence-electron chi connectivity index (χ1n) is 8.11. The Bertz CT molecular complexity index is 809. The third-order valence-corrected chi connectivity index (χ3v) is 4.05. The van der Waals surface area contributed by atoms with E-state index in [1.165, 1.54) is 11.6 Å². The van der Waals surface area contributed by atoms with Crippen LogP contribution in [0, 0.1) is 13.8 Å². The zero-order valence-electron chi connectivity index (χ0n) is 14.6. The summed E-state index contributed by atoms with van der Waals surface area (Å²) < 4.78 is 16.5. The van der Waals surface area contributed by atoms with Gasteiger partial charge in [0, 0.05) is 11.8 Å². The SMILES string of the molecule is COc1cc(/C=C/C(=O)Nc2ccc(C)c(C)c2)cc2c1OCCO2. The van der Waals surface area contributed by atoms with Crippen molar-refractivity contribution >= 4 is 17.7 Å².